The van der Waals surface area contributed by atoms with Gasteiger partial charge in [0, 0.05) is 18.2 Å². The second kappa shape index (κ2) is 6.10. The molecule has 1 amide bonds. The minimum Gasteiger partial charge on any atom is -0.366 e. The van der Waals surface area contributed by atoms with Crippen LogP contribution in [0.3, 0.4) is 0 Å². The Hall–Kier alpha value is -2.13. The highest BCUT2D eigenvalue weighted by molar-refractivity contribution is 5.94. The van der Waals surface area contributed by atoms with Crippen molar-refractivity contribution in [3.63, 3.8) is 0 Å². The summed E-state index contributed by atoms with van der Waals surface area (Å²) >= 11 is 0. The minimum atomic E-state index is -0.335. The molecule has 21 heavy (non-hydrogen) atoms. The van der Waals surface area contributed by atoms with Gasteiger partial charge in [-0.15, -0.1) is 0 Å². The lowest BCUT2D eigenvalue weighted by Crippen LogP contribution is -2.14. The van der Waals surface area contributed by atoms with Crippen molar-refractivity contribution in [2.75, 3.05) is 0 Å². The third-order valence-electron chi connectivity index (χ3n) is 4.18. The average Bonchev–Trinajstić information content (AvgIpc) is 2.91. The van der Waals surface area contributed by atoms with Gasteiger partial charge in [0.25, 0.3) is 0 Å². The summed E-state index contributed by atoms with van der Waals surface area (Å²) in [7, 11) is 0. The Morgan fingerprint density at radius 2 is 1.95 bits per heavy atom. The zero-order valence-corrected chi connectivity index (χ0v) is 12.0. The van der Waals surface area contributed by atoms with E-state index in [4.69, 9.17) is 5.73 Å². The molecule has 1 unspecified atom stereocenters. The summed E-state index contributed by atoms with van der Waals surface area (Å²) in [6.07, 6.45) is 3.29. The lowest BCUT2D eigenvalue weighted by molar-refractivity contribution is 0.0999. The number of benzene rings is 2. The van der Waals surface area contributed by atoms with Crippen LogP contribution >= 0.6 is 0 Å². The summed E-state index contributed by atoms with van der Waals surface area (Å²) < 4.78 is 0. The van der Waals surface area contributed by atoms with Crippen LogP contribution in [0, 0.1) is 0 Å². The van der Waals surface area contributed by atoms with Crippen molar-refractivity contribution >= 4 is 5.91 Å². The van der Waals surface area contributed by atoms with Crippen LogP contribution < -0.4 is 11.1 Å². The van der Waals surface area contributed by atoms with E-state index >= 15 is 0 Å². The third-order valence-corrected chi connectivity index (χ3v) is 4.18. The molecule has 1 heterocycles. The normalized spacial score (nSPS) is 16.7. The average molecular weight is 280 g/mol. The molecule has 3 heteroatoms. The Bertz CT molecular complexity index is 637. The summed E-state index contributed by atoms with van der Waals surface area (Å²) in [6, 6.07) is 16.7. The number of aryl methyl sites for hydroxylation is 1. The van der Waals surface area contributed by atoms with E-state index < -0.39 is 0 Å². The molecule has 1 aliphatic heterocycles. The zero-order chi connectivity index (χ0) is 14.7. The first-order valence-corrected chi connectivity index (χ1v) is 7.44. The second-order valence-corrected chi connectivity index (χ2v) is 5.55. The zero-order valence-electron chi connectivity index (χ0n) is 12.0. The molecule has 0 fully saturated rings. The highest BCUT2D eigenvalue weighted by atomic mass is 16.1. The Kier molecular flexibility index (Phi) is 4.02. The van der Waals surface area contributed by atoms with E-state index in [-0.39, 0.29) is 5.91 Å². The Morgan fingerprint density at radius 3 is 2.71 bits per heavy atom. The fourth-order valence-corrected chi connectivity index (χ4v) is 3.11. The first-order chi connectivity index (χ1) is 10.3. The molecule has 3 nitrogen and oxygen atoms in total. The fraction of sp³-hybridized carbons (Fsp3) is 0.278. The van der Waals surface area contributed by atoms with Gasteiger partial charge in [0.1, 0.15) is 0 Å². The van der Waals surface area contributed by atoms with E-state index in [0.29, 0.717) is 11.6 Å². The number of rotatable bonds is 5. The predicted molar refractivity (Wildman–Crippen MR) is 83.9 cm³/mol. The van der Waals surface area contributed by atoms with Crippen LogP contribution in [0.1, 0.15) is 45.9 Å². The number of primary amides is 1. The molecule has 1 atom stereocenters. The molecule has 108 valence electrons. The van der Waals surface area contributed by atoms with Crippen LogP contribution in [-0.4, -0.2) is 5.91 Å². The van der Waals surface area contributed by atoms with Crippen LogP contribution in [0.15, 0.2) is 48.5 Å². The Morgan fingerprint density at radius 1 is 1.14 bits per heavy atom. The maximum atomic E-state index is 11.5. The SMILES string of the molecule is NC(=O)c1cccc2c1CNC2CCCc1ccccc1. The van der Waals surface area contributed by atoms with Gasteiger partial charge in [0.2, 0.25) is 5.91 Å². The molecule has 0 aliphatic carbocycles. The largest absolute Gasteiger partial charge is 0.366 e. The summed E-state index contributed by atoms with van der Waals surface area (Å²) in [5, 5.41) is 3.50. The van der Waals surface area contributed by atoms with Crippen LogP contribution in [0.25, 0.3) is 0 Å². The summed E-state index contributed by atoms with van der Waals surface area (Å²) in [5.41, 5.74) is 9.79. The van der Waals surface area contributed by atoms with Gasteiger partial charge in [0.15, 0.2) is 0 Å². The molecule has 3 rings (SSSR count). The number of hydrogen-bond acceptors (Lipinski definition) is 2. The summed E-state index contributed by atoms with van der Waals surface area (Å²) in [5.74, 6) is -0.335. The van der Waals surface area contributed by atoms with E-state index in [2.05, 4.69) is 35.6 Å². The maximum Gasteiger partial charge on any atom is 0.249 e. The van der Waals surface area contributed by atoms with Crippen LogP contribution in [0.2, 0.25) is 0 Å². The van der Waals surface area contributed by atoms with Crippen LogP contribution in [0.4, 0.5) is 0 Å². The first-order valence-electron chi connectivity index (χ1n) is 7.44. The van der Waals surface area contributed by atoms with Crippen molar-refractivity contribution in [2.24, 2.45) is 5.73 Å². The standard InChI is InChI=1S/C18H20N2O/c19-18(21)15-10-5-9-14-16(15)12-20-17(14)11-4-8-13-6-2-1-3-7-13/h1-3,5-7,9-10,17,20H,4,8,11-12H2,(H2,19,21). The molecule has 2 aromatic carbocycles. The molecule has 0 saturated carbocycles. The highest BCUT2D eigenvalue weighted by Gasteiger charge is 2.24. The van der Waals surface area contributed by atoms with Gasteiger partial charge in [-0.05, 0) is 42.0 Å². The van der Waals surface area contributed by atoms with Gasteiger partial charge in [-0.25, -0.2) is 0 Å². The number of carbonyl (C=O) groups excluding carboxylic acids is 1. The van der Waals surface area contributed by atoms with Crippen molar-refractivity contribution in [3.8, 4) is 0 Å². The molecule has 2 aromatic rings. The highest BCUT2D eigenvalue weighted by Crippen LogP contribution is 2.31. The fourth-order valence-electron chi connectivity index (χ4n) is 3.11. The van der Waals surface area contributed by atoms with E-state index in [1.807, 2.05) is 18.2 Å². The molecular formula is C18H20N2O. The molecule has 0 saturated heterocycles. The Balaban J connectivity index is 1.65. The molecule has 0 spiro atoms. The van der Waals surface area contributed by atoms with Crippen molar-refractivity contribution in [1.29, 1.82) is 0 Å². The molecule has 3 N–H and O–H groups in total. The predicted octanol–water partition coefficient (Wildman–Crippen LogP) is 2.95. The van der Waals surface area contributed by atoms with Crippen LogP contribution in [-0.2, 0) is 13.0 Å². The quantitative estimate of drug-likeness (QED) is 0.884. The molecule has 0 radical (unpaired) electrons. The van der Waals surface area contributed by atoms with E-state index in [1.165, 1.54) is 11.1 Å². The second-order valence-electron chi connectivity index (χ2n) is 5.55. The van der Waals surface area contributed by atoms with Gasteiger partial charge in [0.05, 0.1) is 0 Å². The van der Waals surface area contributed by atoms with Crippen molar-refractivity contribution in [1.82, 2.24) is 5.32 Å². The number of amides is 1. The summed E-state index contributed by atoms with van der Waals surface area (Å²) in [4.78, 5) is 11.5. The number of nitrogens with two attached hydrogens (primary N) is 1. The van der Waals surface area contributed by atoms with Crippen molar-refractivity contribution in [2.45, 2.75) is 31.8 Å². The molecular weight excluding hydrogens is 260 g/mol. The smallest absolute Gasteiger partial charge is 0.249 e. The van der Waals surface area contributed by atoms with Crippen molar-refractivity contribution in [3.05, 3.63) is 70.8 Å². The Labute approximate surface area is 125 Å². The van der Waals surface area contributed by atoms with E-state index in [0.717, 1.165) is 31.4 Å². The van der Waals surface area contributed by atoms with E-state index in [9.17, 15) is 4.79 Å². The number of fused-ring (bicyclic) bond motifs is 1. The number of hydrogen-bond donors (Lipinski definition) is 2. The first kappa shape index (κ1) is 13.8. The molecule has 0 aromatic heterocycles. The topological polar surface area (TPSA) is 55.1 Å². The lowest BCUT2D eigenvalue weighted by Gasteiger charge is -2.12. The maximum absolute atomic E-state index is 11.5. The molecule has 0 bridgehead atoms. The van der Waals surface area contributed by atoms with Gasteiger partial charge in [-0.1, -0.05) is 42.5 Å². The van der Waals surface area contributed by atoms with E-state index in [1.54, 1.807) is 0 Å². The van der Waals surface area contributed by atoms with Crippen LogP contribution in [0.5, 0.6) is 0 Å². The third kappa shape index (κ3) is 2.98. The van der Waals surface area contributed by atoms with Gasteiger partial charge in [-0.3, -0.25) is 4.79 Å². The molecule has 1 aliphatic rings. The van der Waals surface area contributed by atoms with Crippen molar-refractivity contribution < 1.29 is 4.79 Å². The monoisotopic (exact) mass is 280 g/mol. The lowest BCUT2D eigenvalue weighted by atomic mass is 9.96. The van der Waals surface area contributed by atoms with Gasteiger partial charge >= 0.3 is 0 Å². The van der Waals surface area contributed by atoms with Gasteiger partial charge in [-0.2, -0.15) is 0 Å². The minimum absolute atomic E-state index is 0.335. The number of carbonyl (C=O) groups is 1. The summed E-state index contributed by atoms with van der Waals surface area (Å²) in [6.45, 7) is 0.741. The number of nitrogens with one attached hydrogen (secondary N) is 1. The van der Waals surface area contributed by atoms with Gasteiger partial charge < -0.3 is 11.1 Å².